The van der Waals surface area contributed by atoms with Crippen molar-refractivity contribution in [2.45, 2.75) is 65.8 Å². The third kappa shape index (κ3) is 5.71. The summed E-state index contributed by atoms with van der Waals surface area (Å²) in [5, 5.41) is 1.13. The first kappa shape index (κ1) is 18.0. The number of ether oxygens (including phenoxy) is 2. The minimum Gasteiger partial charge on any atom is -0.488 e. The first-order chi connectivity index (χ1) is 9.34. The summed E-state index contributed by atoms with van der Waals surface area (Å²) in [5.41, 5.74) is -0.457. The summed E-state index contributed by atoms with van der Waals surface area (Å²) in [6, 6.07) is 6.04. The molecule has 0 N–H and O–H groups in total. The molecule has 4 heteroatoms. The maximum absolute atomic E-state index is 6.11. The van der Waals surface area contributed by atoms with E-state index in [1.807, 2.05) is 32.9 Å². The standard InChI is InChI=1S/C17H30O3Si/c1-16(2,3)19-13-10-11-14(20-17(4,5)6)15(12-13)21(8,9)18-7/h10-12H,1-9H3. The Labute approximate surface area is 130 Å². The van der Waals surface area contributed by atoms with E-state index < -0.39 is 8.32 Å². The van der Waals surface area contributed by atoms with E-state index in [1.54, 1.807) is 7.11 Å². The predicted molar refractivity (Wildman–Crippen MR) is 91.3 cm³/mol. The Balaban J connectivity index is 3.27. The molecule has 0 aliphatic carbocycles. The summed E-state index contributed by atoms with van der Waals surface area (Å²) in [5.74, 6) is 1.75. The zero-order valence-electron chi connectivity index (χ0n) is 15.0. The molecule has 3 nitrogen and oxygen atoms in total. The Hall–Kier alpha value is -1.00. The monoisotopic (exact) mass is 310 g/mol. The van der Waals surface area contributed by atoms with Crippen LogP contribution in [0.5, 0.6) is 11.5 Å². The highest BCUT2D eigenvalue weighted by Gasteiger charge is 2.30. The van der Waals surface area contributed by atoms with Crippen LogP contribution in [0.3, 0.4) is 0 Å². The van der Waals surface area contributed by atoms with Gasteiger partial charge in [-0.05, 0) is 72.8 Å². The molecule has 21 heavy (non-hydrogen) atoms. The van der Waals surface area contributed by atoms with Crippen LogP contribution in [0.25, 0.3) is 0 Å². The van der Waals surface area contributed by atoms with Gasteiger partial charge in [0.25, 0.3) is 0 Å². The number of rotatable bonds is 4. The molecular weight excluding hydrogens is 280 g/mol. The Morgan fingerprint density at radius 3 is 1.81 bits per heavy atom. The molecule has 0 saturated heterocycles. The van der Waals surface area contributed by atoms with Crippen LogP contribution in [0.4, 0.5) is 0 Å². The molecule has 1 aromatic rings. The molecule has 0 aliphatic rings. The minimum atomic E-state index is -2.01. The molecule has 0 bridgehead atoms. The lowest BCUT2D eigenvalue weighted by Gasteiger charge is -2.29. The van der Waals surface area contributed by atoms with Crippen molar-refractivity contribution in [3.63, 3.8) is 0 Å². The van der Waals surface area contributed by atoms with Gasteiger partial charge >= 0.3 is 0 Å². The maximum Gasteiger partial charge on any atom is 0.221 e. The summed E-state index contributed by atoms with van der Waals surface area (Å²) in [6.07, 6.45) is 0. The van der Waals surface area contributed by atoms with Crippen molar-refractivity contribution < 1.29 is 13.9 Å². The number of hydrogen-bond donors (Lipinski definition) is 0. The second-order valence-corrected chi connectivity index (χ2v) is 11.8. The molecule has 0 fully saturated rings. The van der Waals surface area contributed by atoms with Crippen molar-refractivity contribution in [1.82, 2.24) is 0 Å². The first-order valence-electron chi connectivity index (χ1n) is 7.42. The summed E-state index contributed by atoms with van der Waals surface area (Å²) < 4.78 is 17.9. The van der Waals surface area contributed by atoms with Gasteiger partial charge in [0.2, 0.25) is 8.32 Å². The molecule has 0 saturated carbocycles. The lowest BCUT2D eigenvalue weighted by Crippen LogP contribution is -2.45. The van der Waals surface area contributed by atoms with Gasteiger partial charge in [-0.3, -0.25) is 0 Å². The van der Waals surface area contributed by atoms with E-state index in [1.165, 1.54) is 0 Å². The highest BCUT2D eigenvalue weighted by atomic mass is 28.4. The van der Waals surface area contributed by atoms with E-state index in [4.69, 9.17) is 13.9 Å². The minimum absolute atomic E-state index is 0.220. The molecule has 0 amide bonds. The van der Waals surface area contributed by atoms with Crippen LogP contribution in [0.1, 0.15) is 41.5 Å². The molecule has 0 heterocycles. The molecule has 0 aliphatic heterocycles. The SMILES string of the molecule is CO[Si](C)(C)c1cc(OC(C)(C)C)ccc1OC(C)(C)C. The summed E-state index contributed by atoms with van der Waals surface area (Å²) in [4.78, 5) is 0. The van der Waals surface area contributed by atoms with Gasteiger partial charge in [-0.2, -0.15) is 0 Å². The molecule has 1 rings (SSSR count). The zero-order chi connectivity index (χ0) is 16.5. The molecule has 0 spiro atoms. The van der Waals surface area contributed by atoms with E-state index in [-0.39, 0.29) is 11.2 Å². The second kappa shape index (κ2) is 6.01. The summed E-state index contributed by atoms with van der Waals surface area (Å²) >= 11 is 0. The van der Waals surface area contributed by atoms with E-state index in [0.29, 0.717) is 0 Å². The van der Waals surface area contributed by atoms with Gasteiger partial charge in [-0.15, -0.1) is 0 Å². The van der Waals surface area contributed by atoms with Crippen LogP contribution in [0, 0.1) is 0 Å². The van der Waals surface area contributed by atoms with Crippen LogP contribution in [0.2, 0.25) is 13.1 Å². The third-order valence-corrected chi connectivity index (χ3v) is 5.66. The average molecular weight is 311 g/mol. The smallest absolute Gasteiger partial charge is 0.221 e. The summed E-state index contributed by atoms with van der Waals surface area (Å²) in [7, 11) is -0.241. The molecular formula is C17H30O3Si. The van der Waals surface area contributed by atoms with Crippen molar-refractivity contribution in [2.75, 3.05) is 7.11 Å². The normalized spacial score (nSPS) is 13.2. The lowest BCUT2D eigenvalue weighted by atomic mass is 10.2. The highest BCUT2D eigenvalue weighted by Crippen LogP contribution is 2.25. The van der Waals surface area contributed by atoms with E-state index in [0.717, 1.165) is 16.7 Å². The van der Waals surface area contributed by atoms with E-state index >= 15 is 0 Å². The molecule has 0 unspecified atom stereocenters. The fourth-order valence-electron chi connectivity index (χ4n) is 1.93. The highest BCUT2D eigenvalue weighted by molar-refractivity contribution is 6.85. The molecule has 0 aromatic heterocycles. The third-order valence-electron chi connectivity index (χ3n) is 2.95. The topological polar surface area (TPSA) is 27.7 Å². The fourth-order valence-corrected chi connectivity index (χ4v) is 3.36. The zero-order valence-corrected chi connectivity index (χ0v) is 16.0. The first-order valence-corrected chi connectivity index (χ1v) is 10.3. The summed E-state index contributed by atoms with van der Waals surface area (Å²) in [6.45, 7) is 16.6. The number of hydrogen-bond acceptors (Lipinski definition) is 3. The van der Waals surface area contributed by atoms with Gasteiger partial charge in [0, 0.05) is 12.3 Å². The Morgan fingerprint density at radius 2 is 1.38 bits per heavy atom. The molecule has 0 radical (unpaired) electrons. The lowest BCUT2D eigenvalue weighted by molar-refractivity contribution is 0.126. The van der Waals surface area contributed by atoms with Crippen LogP contribution < -0.4 is 14.7 Å². The molecule has 120 valence electrons. The van der Waals surface area contributed by atoms with Crippen molar-refractivity contribution in [3.8, 4) is 11.5 Å². The Kier molecular flexibility index (Phi) is 5.16. The van der Waals surface area contributed by atoms with Gasteiger partial charge in [-0.1, -0.05) is 0 Å². The van der Waals surface area contributed by atoms with Crippen molar-refractivity contribution >= 4 is 13.5 Å². The van der Waals surface area contributed by atoms with Gasteiger partial charge in [0.05, 0.1) is 0 Å². The van der Waals surface area contributed by atoms with Gasteiger partial charge in [-0.25, -0.2) is 0 Å². The van der Waals surface area contributed by atoms with Gasteiger partial charge in [0.1, 0.15) is 22.7 Å². The molecule has 1 aromatic carbocycles. The van der Waals surface area contributed by atoms with Crippen molar-refractivity contribution in [1.29, 1.82) is 0 Å². The largest absolute Gasteiger partial charge is 0.488 e. The van der Waals surface area contributed by atoms with E-state index in [9.17, 15) is 0 Å². The van der Waals surface area contributed by atoms with Gasteiger partial charge in [0.15, 0.2) is 0 Å². The number of benzene rings is 1. The molecule has 0 atom stereocenters. The van der Waals surface area contributed by atoms with Crippen LogP contribution in [-0.2, 0) is 4.43 Å². The quantitative estimate of drug-likeness (QED) is 0.784. The van der Waals surface area contributed by atoms with E-state index in [2.05, 4.69) is 39.9 Å². The Morgan fingerprint density at radius 1 is 0.857 bits per heavy atom. The average Bonchev–Trinajstić information content (AvgIpc) is 2.27. The van der Waals surface area contributed by atoms with Gasteiger partial charge < -0.3 is 13.9 Å². The second-order valence-electron chi connectivity index (χ2n) is 7.80. The van der Waals surface area contributed by atoms with Crippen molar-refractivity contribution in [2.24, 2.45) is 0 Å². The van der Waals surface area contributed by atoms with Crippen LogP contribution in [-0.4, -0.2) is 26.6 Å². The predicted octanol–water partition coefficient (Wildman–Crippen LogP) is 4.10. The van der Waals surface area contributed by atoms with Crippen molar-refractivity contribution in [3.05, 3.63) is 18.2 Å². The van der Waals surface area contributed by atoms with Crippen LogP contribution >= 0.6 is 0 Å². The Bertz CT molecular complexity index is 482. The van der Waals surface area contributed by atoms with Crippen LogP contribution in [0.15, 0.2) is 18.2 Å². The fraction of sp³-hybridized carbons (Fsp3) is 0.647. The maximum atomic E-state index is 6.11.